The molecule has 83 valence electrons. The fraction of sp³-hybridized carbons (Fsp3) is 0.0714. The number of halogens is 1. The fourth-order valence-electron chi connectivity index (χ4n) is 1.84. The summed E-state index contributed by atoms with van der Waals surface area (Å²) in [7, 11) is 0. The molecule has 1 aromatic heterocycles. The third kappa shape index (κ3) is 1.91. The summed E-state index contributed by atoms with van der Waals surface area (Å²) in [6.07, 6.45) is 2.96. The largest absolute Gasteiger partial charge is 0.260 e. The van der Waals surface area contributed by atoms with Gasteiger partial charge in [-0.2, -0.15) is 5.10 Å². The average molecular weight is 225 g/mol. The van der Waals surface area contributed by atoms with Gasteiger partial charge in [-0.1, -0.05) is 30.3 Å². The van der Waals surface area contributed by atoms with E-state index in [-0.39, 0.29) is 5.82 Å². The van der Waals surface area contributed by atoms with Gasteiger partial charge in [0.2, 0.25) is 0 Å². The number of hydrogen-bond donors (Lipinski definition) is 0. The molecule has 3 heteroatoms. The molecule has 3 rings (SSSR count). The number of nitrogens with zero attached hydrogens (tertiary/aromatic N) is 2. The van der Waals surface area contributed by atoms with E-state index in [4.69, 9.17) is 0 Å². The Morgan fingerprint density at radius 1 is 1.06 bits per heavy atom. The quantitative estimate of drug-likeness (QED) is 0.655. The number of fused-ring (bicyclic) bond motifs is 1. The van der Waals surface area contributed by atoms with Crippen molar-refractivity contribution in [2.24, 2.45) is 0 Å². The molecule has 1 heterocycles. The smallest absolute Gasteiger partial charge is 0.123 e. The molecule has 0 N–H and O–H groups in total. The maximum atomic E-state index is 12.8. The van der Waals surface area contributed by atoms with Crippen molar-refractivity contribution >= 4 is 10.9 Å². The van der Waals surface area contributed by atoms with E-state index in [0.717, 1.165) is 16.5 Å². The number of para-hydroxylation sites is 1. The van der Waals surface area contributed by atoms with E-state index in [0.29, 0.717) is 6.54 Å². The van der Waals surface area contributed by atoms with Gasteiger partial charge in [-0.25, -0.2) is 4.39 Å². The first-order chi connectivity index (χ1) is 8.33. The number of aromatic nitrogens is 2. The Hall–Kier alpha value is -2.16. The highest BCUT2D eigenvalue weighted by Crippen LogP contribution is 2.14. The van der Waals surface area contributed by atoms with E-state index >= 15 is 0 Å². The van der Waals surface area contributed by atoms with Gasteiger partial charge in [-0.3, -0.25) is 4.68 Å². The van der Waals surface area contributed by atoms with Gasteiger partial charge >= 0.3 is 0 Å². The molecule has 0 aliphatic heterocycles. The molecule has 0 aliphatic carbocycles. The predicted molar refractivity (Wildman–Crippen MR) is 64.1 cm³/mol. The maximum Gasteiger partial charge on any atom is 0.123 e. The standard InChI is InChI=1S/C14H10FN2/c15-13-7-5-11(6-8-13)10-17-14-4-2-1-3-12(14)9-16-17/h1-8H,10H2. The minimum absolute atomic E-state index is 0.217. The van der Waals surface area contributed by atoms with Gasteiger partial charge in [0.05, 0.1) is 12.1 Å². The lowest BCUT2D eigenvalue weighted by Crippen LogP contribution is -2.01. The first-order valence-electron chi connectivity index (χ1n) is 5.40. The summed E-state index contributed by atoms with van der Waals surface area (Å²) in [5.74, 6) is -0.217. The monoisotopic (exact) mass is 225 g/mol. The Morgan fingerprint density at radius 2 is 1.82 bits per heavy atom. The fourth-order valence-corrected chi connectivity index (χ4v) is 1.84. The molecule has 0 spiro atoms. The molecule has 3 aromatic rings. The Morgan fingerprint density at radius 3 is 2.65 bits per heavy atom. The second kappa shape index (κ2) is 4.01. The molecular formula is C14H10FN2. The van der Waals surface area contributed by atoms with Gasteiger partial charge in [0.15, 0.2) is 0 Å². The van der Waals surface area contributed by atoms with Crippen LogP contribution in [0.2, 0.25) is 0 Å². The molecule has 2 aromatic carbocycles. The van der Waals surface area contributed by atoms with E-state index in [2.05, 4.69) is 11.3 Å². The third-order valence-electron chi connectivity index (χ3n) is 2.72. The minimum Gasteiger partial charge on any atom is -0.260 e. The molecule has 0 bridgehead atoms. The summed E-state index contributed by atoms with van der Waals surface area (Å²) >= 11 is 0. The van der Waals surface area contributed by atoms with Crippen LogP contribution in [-0.4, -0.2) is 9.78 Å². The summed E-state index contributed by atoms with van der Waals surface area (Å²) in [5, 5.41) is 5.21. The van der Waals surface area contributed by atoms with Crippen LogP contribution in [0.15, 0.2) is 48.5 Å². The second-order valence-corrected chi connectivity index (χ2v) is 3.91. The molecule has 1 radical (unpaired) electrons. The summed E-state index contributed by atoms with van der Waals surface area (Å²) in [6.45, 7) is 0.629. The van der Waals surface area contributed by atoms with Crippen LogP contribution >= 0.6 is 0 Å². The Labute approximate surface area is 98.3 Å². The lowest BCUT2D eigenvalue weighted by Gasteiger charge is -2.03. The maximum absolute atomic E-state index is 12.8. The van der Waals surface area contributed by atoms with Crippen LogP contribution in [-0.2, 0) is 6.54 Å². The first kappa shape index (κ1) is 10.0. The molecule has 17 heavy (non-hydrogen) atoms. The number of rotatable bonds is 2. The van der Waals surface area contributed by atoms with Gasteiger partial charge in [0, 0.05) is 5.39 Å². The van der Waals surface area contributed by atoms with Gasteiger partial charge in [-0.15, -0.1) is 0 Å². The van der Waals surface area contributed by atoms with E-state index in [1.54, 1.807) is 12.1 Å². The van der Waals surface area contributed by atoms with Crippen LogP contribution in [0, 0.1) is 12.0 Å². The zero-order valence-corrected chi connectivity index (χ0v) is 9.10. The highest BCUT2D eigenvalue weighted by Gasteiger charge is 2.02. The van der Waals surface area contributed by atoms with Crippen LogP contribution < -0.4 is 0 Å². The van der Waals surface area contributed by atoms with Crippen molar-refractivity contribution in [1.82, 2.24) is 9.78 Å². The summed E-state index contributed by atoms with van der Waals surface area (Å²) in [4.78, 5) is 0. The van der Waals surface area contributed by atoms with E-state index in [9.17, 15) is 4.39 Å². The molecule has 0 unspecified atom stereocenters. The van der Waals surface area contributed by atoms with Crippen molar-refractivity contribution in [3.05, 3.63) is 66.1 Å². The molecule has 0 amide bonds. The Bertz CT molecular complexity index is 641. The topological polar surface area (TPSA) is 17.8 Å². The third-order valence-corrected chi connectivity index (χ3v) is 2.72. The zero-order valence-electron chi connectivity index (χ0n) is 9.10. The van der Waals surface area contributed by atoms with Gasteiger partial charge in [0.25, 0.3) is 0 Å². The minimum atomic E-state index is -0.217. The normalized spacial score (nSPS) is 10.9. The highest BCUT2D eigenvalue weighted by molar-refractivity contribution is 5.77. The first-order valence-corrected chi connectivity index (χ1v) is 5.40. The molecule has 0 fully saturated rings. The van der Waals surface area contributed by atoms with Crippen LogP contribution in [0.5, 0.6) is 0 Å². The van der Waals surface area contributed by atoms with Crippen molar-refractivity contribution in [2.45, 2.75) is 6.54 Å². The summed E-state index contributed by atoms with van der Waals surface area (Å²) < 4.78 is 14.7. The van der Waals surface area contributed by atoms with Crippen LogP contribution in [0.4, 0.5) is 4.39 Å². The van der Waals surface area contributed by atoms with Gasteiger partial charge in [0.1, 0.15) is 12.0 Å². The lowest BCUT2D eigenvalue weighted by molar-refractivity contribution is 0.625. The zero-order chi connectivity index (χ0) is 11.7. The van der Waals surface area contributed by atoms with Crippen molar-refractivity contribution < 1.29 is 4.39 Å². The van der Waals surface area contributed by atoms with Crippen molar-refractivity contribution in [3.63, 3.8) is 0 Å². The second-order valence-electron chi connectivity index (χ2n) is 3.91. The molecule has 2 nitrogen and oxygen atoms in total. The van der Waals surface area contributed by atoms with Gasteiger partial charge < -0.3 is 0 Å². The van der Waals surface area contributed by atoms with Crippen LogP contribution in [0.1, 0.15) is 5.56 Å². The van der Waals surface area contributed by atoms with Crippen molar-refractivity contribution in [2.75, 3.05) is 0 Å². The van der Waals surface area contributed by atoms with E-state index < -0.39 is 0 Å². The molecular weight excluding hydrogens is 215 g/mol. The molecule has 0 saturated carbocycles. The molecule has 0 saturated heterocycles. The van der Waals surface area contributed by atoms with E-state index in [1.807, 2.05) is 28.9 Å². The van der Waals surface area contributed by atoms with Gasteiger partial charge in [-0.05, 0) is 23.8 Å². The number of benzene rings is 2. The average Bonchev–Trinajstić information content (AvgIpc) is 2.76. The summed E-state index contributed by atoms with van der Waals surface area (Å²) in [6, 6.07) is 14.4. The Kier molecular flexibility index (Phi) is 2.37. The lowest BCUT2D eigenvalue weighted by atomic mass is 10.2. The Balaban J connectivity index is 1.97. The molecule has 0 aliphatic rings. The molecule has 0 atom stereocenters. The van der Waals surface area contributed by atoms with Crippen LogP contribution in [0.3, 0.4) is 0 Å². The van der Waals surface area contributed by atoms with Crippen molar-refractivity contribution in [3.8, 4) is 0 Å². The SMILES string of the molecule is Fc1ccc(Cn2n[c]c3ccccc32)cc1. The predicted octanol–water partition coefficient (Wildman–Crippen LogP) is 3.02. The number of hydrogen-bond acceptors (Lipinski definition) is 1. The van der Waals surface area contributed by atoms with E-state index in [1.165, 1.54) is 12.1 Å². The van der Waals surface area contributed by atoms with Crippen molar-refractivity contribution in [1.29, 1.82) is 0 Å². The summed E-state index contributed by atoms with van der Waals surface area (Å²) in [5.41, 5.74) is 2.06. The van der Waals surface area contributed by atoms with Crippen LogP contribution in [0.25, 0.3) is 10.9 Å². The highest BCUT2D eigenvalue weighted by atomic mass is 19.1.